The van der Waals surface area contributed by atoms with Crippen molar-refractivity contribution in [2.45, 2.75) is 46.2 Å². The summed E-state index contributed by atoms with van der Waals surface area (Å²) in [4.78, 5) is 16.4. The lowest BCUT2D eigenvalue weighted by Gasteiger charge is -2.28. The standard InChI is InChI=1S/C19H23N5/c1-3-6-18-20-11-15-12-23(10-8-16(15)22-18)13-17-14(2)21-19-7-4-5-9-24(17)19/h4-5,7,9,11H,3,6,8,10,12-13H2,1-2H3. The summed E-state index contributed by atoms with van der Waals surface area (Å²) in [7, 11) is 0. The van der Waals surface area contributed by atoms with Gasteiger partial charge in [-0.1, -0.05) is 13.0 Å². The minimum atomic E-state index is 0.910. The number of nitrogens with zero attached hydrogens (tertiary/aromatic N) is 5. The van der Waals surface area contributed by atoms with Crippen molar-refractivity contribution in [3.63, 3.8) is 0 Å². The highest BCUT2D eigenvalue weighted by Gasteiger charge is 2.20. The molecule has 0 N–H and O–H groups in total. The zero-order valence-electron chi connectivity index (χ0n) is 14.4. The molecule has 0 aliphatic carbocycles. The van der Waals surface area contributed by atoms with Gasteiger partial charge in [-0.25, -0.2) is 15.0 Å². The molecule has 1 aliphatic rings. The highest BCUT2D eigenvalue weighted by molar-refractivity contribution is 5.42. The SMILES string of the molecule is CCCc1ncc2c(n1)CCN(Cc1c(C)nc3ccccn13)C2. The van der Waals surface area contributed by atoms with Gasteiger partial charge < -0.3 is 4.40 Å². The first-order valence-electron chi connectivity index (χ1n) is 8.73. The Balaban J connectivity index is 1.55. The van der Waals surface area contributed by atoms with Gasteiger partial charge in [-0.3, -0.25) is 4.90 Å². The number of aromatic nitrogens is 4. The lowest BCUT2D eigenvalue weighted by atomic mass is 10.1. The van der Waals surface area contributed by atoms with Crippen molar-refractivity contribution < 1.29 is 0 Å². The Morgan fingerprint density at radius 2 is 2.12 bits per heavy atom. The van der Waals surface area contributed by atoms with E-state index < -0.39 is 0 Å². The van der Waals surface area contributed by atoms with Gasteiger partial charge in [0.1, 0.15) is 11.5 Å². The molecule has 5 nitrogen and oxygen atoms in total. The number of rotatable bonds is 4. The fourth-order valence-corrected chi connectivity index (χ4v) is 3.46. The largest absolute Gasteiger partial charge is 0.302 e. The third kappa shape index (κ3) is 2.80. The Labute approximate surface area is 142 Å². The van der Waals surface area contributed by atoms with Gasteiger partial charge in [-0.15, -0.1) is 0 Å². The molecule has 0 aromatic carbocycles. The Hall–Kier alpha value is -2.27. The van der Waals surface area contributed by atoms with Crippen LogP contribution in [-0.4, -0.2) is 30.8 Å². The van der Waals surface area contributed by atoms with Crippen LogP contribution in [0.3, 0.4) is 0 Å². The van der Waals surface area contributed by atoms with E-state index in [0.717, 1.165) is 56.1 Å². The van der Waals surface area contributed by atoms with Crippen LogP contribution in [0.1, 0.15) is 41.8 Å². The molecule has 3 aromatic rings. The maximum atomic E-state index is 4.75. The molecule has 0 spiro atoms. The Kier molecular flexibility index (Phi) is 4.02. The molecule has 0 bridgehead atoms. The Morgan fingerprint density at radius 1 is 1.21 bits per heavy atom. The molecule has 3 aromatic heterocycles. The molecule has 0 radical (unpaired) electrons. The Morgan fingerprint density at radius 3 is 3.00 bits per heavy atom. The van der Waals surface area contributed by atoms with Crippen molar-refractivity contribution in [2.24, 2.45) is 0 Å². The van der Waals surface area contributed by atoms with Gasteiger partial charge in [0.2, 0.25) is 0 Å². The number of pyridine rings is 1. The van der Waals surface area contributed by atoms with Crippen LogP contribution in [0.15, 0.2) is 30.6 Å². The molecular weight excluding hydrogens is 298 g/mol. The van der Waals surface area contributed by atoms with Crippen molar-refractivity contribution in [3.8, 4) is 0 Å². The predicted molar refractivity (Wildman–Crippen MR) is 93.8 cm³/mol. The highest BCUT2D eigenvalue weighted by Crippen LogP contribution is 2.21. The van der Waals surface area contributed by atoms with Gasteiger partial charge in [0.15, 0.2) is 0 Å². The second-order valence-electron chi connectivity index (χ2n) is 6.54. The summed E-state index contributed by atoms with van der Waals surface area (Å²) in [6, 6.07) is 6.16. The molecule has 0 amide bonds. The summed E-state index contributed by atoms with van der Waals surface area (Å²) in [5.74, 6) is 0.988. The van der Waals surface area contributed by atoms with Gasteiger partial charge >= 0.3 is 0 Å². The van der Waals surface area contributed by atoms with E-state index in [1.54, 1.807) is 0 Å². The predicted octanol–water partition coefficient (Wildman–Crippen LogP) is 2.94. The van der Waals surface area contributed by atoms with Gasteiger partial charge in [0.05, 0.1) is 11.4 Å². The maximum Gasteiger partial charge on any atom is 0.137 e. The molecule has 0 saturated heterocycles. The van der Waals surface area contributed by atoms with E-state index in [4.69, 9.17) is 4.98 Å². The molecule has 0 atom stereocenters. The van der Waals surface area contributed by atoms with Crippen LogP contribution in [0, 0.1) is 6.92 Å². The van der Waals surface area contributed by atoms with Crippen LogP contribution in [0.5, 0.6) is 0 Å². The second-order valence-corrected chi connectivity index (χ2v) is 6.54. The first kappa shape index (κ1) is 15.3. The smallest absolute Gasteiger partial charge is 0.137 e. The van der Waals surface area contributed by atoms with Crippen LogP contribution in [-0.2, 0) is 25.9 Å². The van der Waals surface area contributed by atoms with Gasteiger partial charge in [0.25, 0.3) is 0 Å². The fraction of sp³-hybridized carbons (Fsp3) is 0.421. The Bertz CT molecular complexity index is 867. The van der Waals surface area contributed by atoms with Crippen molar-refractivity contribution in [1.29, 1.82) is 0 Å². The summed E-state index contributed by atoms with van der Waals surface area (Å²) in [5, 5.41) is 0. The van der Waals surface area contributed by atoms with Crippen LogP contribution in [0.2, 0.25) is 0 Å². The van der Waals surface area contributed by atoms with E-state index >= 15 is 0 Å². The van der Waals surface area contributed by atoms with E-state index in [-0.39, 0.29) is 0 Å². The molecule has 24 heavy (non-hydrogen) atoms. The minimum absolute atomic E-state index is 0.910. The summed E-state index contributed by atoms with van der Waals surface area (Å²) in [6.07, 6.45) is 7.20. The van der Waals surface area contributed by atoms with Gasteiger partial charge in [0, 0.05) is 56.1 Å². The van der Waals surface area contributed by atoms with Crippen LogP contribution in [0.25, 0.3) is 5.65 Å². The van der Waals surface area contributed by atoms with Crippen LogP contribution in [0.4, 0.5) is 0 Å². The third-order valence-electron chi connectivity index (χ3n) is 4.74. The number of aryl methyl sites for hydroxylation is 2. The number of imidazole rings is 1. The first-order valence-corrected chi connectivity index (χ1v) is 8.73. The number of fused-ring (bicyclic) bond motifs is 2. The minimum Gasteiger partial charge on any atom is -0.302 e. The summed E-state index contributed by atoms with van der Waals surface area (Å²) < 4.78 is 2.20. The summed E-state index contributed by atoms with van der Waals surface area (Å²) in [5.41, 5.74) is 5.92. The summed E-state index contributed by atoms with van der Waals surface area (Å²) >= 11 is 0. The lowest BCUT2D eigenvalue weighted by Crippen LogP contribution is -2.31. The normalized spacial score (nSPS) is 14.9. The summed E-state index contributed by atoms with van der Waals surface area (Å²) in [6.45, 7) is 7.13. The van der Waals surface area contributed by atoms with Crippen molar-refractivity contribution in [1.82, 2.24) is 24.3 Å². The quantitative estimate of drug-likeness (QED) is 0.741. The second kappa shape index (κ2) is 6.32. The molecular formula is C19H23N5. The maximum absolute atomic E-state index is 4.75. The van der Waals surface area contributed by atoms with E-state index in [1.165, 1.54) is 17.0 Å². The third-order valence-corrected chi connectivity index (χ3v) is 4.74. The molecule has 124 valence electrons. The molecule has 1 aliphatic heterocycles. The number of hydrogen-bond acceptors (Lipinski definition) is 4. The molecule has 0 saturated carbocycles. The average molecular weight is 321 g/mol. The van der Waals surface area contributed by atoms with E-state index in [1.807, 2.05) is 12.3 Å². The van der Waals surface area contributed by atoms with Crippen LogP contribution < -0.4 is 0 Å². The van der Waals surface area contributed by atoms with Gasteiger partial charge in [-0.2, -0.15) is 0 Å². The van der Waals surface area contributed by atoms with E-state index in [9.17, 15) is 0 Å². The van der Waals surface area contributed by atoms with Crippen molar-refractivity contribution >= 4 is 5.65 Å². The molecule has 4 rings (SSSR count). The fourth-order valence-electron chi connectivity index (χ4n) is 3.46. The molecule has 0 fully saturated rings. The van der Waals surface area contributed by atoms with Crippen molar-refractivity contribution in [3.05, 3.63) is 59.1 Å². The van der Waals surface area contributed by atoms with Crippen LogP contribution >= 0.6 is 0 Å². The van der Waals surface area contributed by atoms with E-state index in [0.29, 0.717) is 0 Å². The zero-order chi connectivity index (χ0) is 16.5. The highest BCUT2D eigenvalue weighted by atomic mass is 15.2. The van der Waals surface area contributed by atoms with E-state index in [2.05, 4.69) is 51.4 Å². The topological polar surface area (TPSA) is 46.3 Å². The lowest BCUT2D eigenvalue weighted by molar-refractivity contribution is 0.238. The van der Waals surface area contributed by atoms with Crippen molar-refractivity contribution in [2.75, 3.05) is 6.54 Å². The van der Waals surface area contributed by atoms with Gasteiger partial charge in [-0.05, 0) is 25.5 Å². The first-order chi connectivity index (χ1) is 11.7. The zero-order valence-corrected chi connectivity index (χ0v) is 14.4. The molecule has 0 unspecified atom stereocenters. The number of hydrogen-bond donors (Lipinski definition) is 0. The molecule has 4 heterocycles. The average Bonchev–Trinajstić information content (AvgIpc) is 2.91. The monoisotopic (exact) mass is 321 g/mol. The molecule has 5 heteroatoms.